The number of halogens is 1. The SMILES string of the molecule is Cc1c2sc(-c3nc(NC4CCOCC4N)c(F)c4c3C(=O)NC4)cc2nn1C. The minimum atomic E-state index is -0.503. The van der Waals surface area contributed by atoms with Crippen molar-refractivity contribution in [1.82, 2.24) is 20.1 Å². The molecule has 4 N–H and O–H groups in total. The molecule has 8 nitrogen and oxygen atoms in total. The van der Waals surface area contributed by atoms with E-state index < -0.39 is 5.82 Å². The van der Waals surface area contributed by atoms with Gasteiger partial charge in [-0.2, -0.15) is 5.10 Å². The number of carbonyl (C=O) groups is 1. The maximum absolute atomic E-state index is 15.2. The zero-order valence-corrected chi connectivity index (χ0v) is 16.9. The summed E-state index contributed by atoms with van der Waals surface area (Å²) < 4.78 is 23.4. The highest BCUT2D eigenvalue weighted by Crippen LogP contribution is 2.39. The van der Waals surface area contributed by atoms with Crippen LogP contribution in [0, 0.1) is 12.7 Å². The quantitative estimate of drug-likeness (QED) is 0.602. The van der Waals surface area contributed by atoms with Gasteiger partial charge >= 0.3 is 0 Å². The van der Waals surface area contributed by atoms with Crippen molar-refractivity contribution in [2.75, 3.05) is 18.5 Å². The Morgan fingerprint density at radius 2 is 2.31 bits per heavy atom. The van der Waals surface area contributed by atoms with E-state index in [4.69, 9.17) is 10.5 Å². The lowest BCUT2D eigenvalue weighted by molar-refractivity contribution is 0.0751. The van der Waals surface area contributed by atoms with Crippen molar-refractivity contribution in [3.63, 3.8) is 0 Å². The minimum Gasteiger partial charge on any atom is -0.380 e. The molecule has 2 aliphatic rings. The molecule has 10 heteroatoms. The van der Waals surface area contributed by atoms with E-state index in [1.165, 1.54) is 11.3 Å². The van der Waals surface area contributed by atoms with Crippen LogP contribution in [0.5, 0.6) is 0 Å². The van der Waals surface area contributed by atoms with Gasteiger partial charge in [0.05, 0.1) is 33.1 Å². The van der Waals surface area contributed by atoms with Crippen molar-refractivity contribution in [1.29, 1.82) is 0 Å². The van der Waals surface area contributed by atoms with Gasteiger partial charge in [0.1, 0.15) is 5.52 Å². The number of amides is 1. The van der Waals surface area contributed by atoms with Crippen molar-refractivity contribution in [2.45, 2.75) is 32.0 Å². The Morgan fingerprint density at radius 3 is 3.07 bits per heavy atom. The van der Waals surface area contributed by atoms with Crippen molar-refractivity contribution >= 4 is 33.3 Å². The second kappa shape index (κ2) is 6.75. The Labute approximate surface area is 170 Å². The predicted molar refractivity (Wildman–Crippen MR) is 109 cm³/mol. The molecule has 2 aliphatic heterocycles. The molecule has 0 bridgehead atoms. The third-order valence-electron chi connectivity index (χ3n) is 5.63. The lowest BCUT2D eigenvalue weighted by Gasteiger charge is -2.30. The Kier molecular flexibility index (Phi) is 4.30. The lowest BCUT2D eigenvalue weighted by atomic mass is 10.0. The molecule has 0 saturated carbocycles. The summed E-state index contributed by atoms with van der Waals surface area (Å²) in [7, 11) is 1.89. The van der Waals surface area contributed by atoms with Crippen molar-refractivity contribution in [2.24, 2.45) is 12.8 Å². The highest BCUT2D eigenvalue weighted by molar-refractivity contribution is 7.22. The van der Waals surface area contributed by atoms with Crippen LogP contribution < -0.4 is 16.4 Å². The van der Waals surface area contributed by atoms with Gasteiger partial charge in [-0.3, -0.25) is 9.48 Å². The van der Waals surface area contributed by atoms with Gasteiger partial charge in [-0.1, -0.05) is 0 Å². The first kappa shape index (κ1) is 18.5. The van der Waals surface area contributed by atoms with Crippen molar-refractivity contribution in [3.05, 3.63) is 28.7 Å². The fourth-order valence-corrected chi connectivity index (χ4v) is 5.00. The number of carbonyl (C=O) groups excluding carboxylic acids is 1. The largest absolute Gasteiger partial charge is 0.380 e. The van der Waals surface area contributed by atoms with Gasteiger partial charge in [-0.25, -0.2) is 9.37 Å². The van der Waals surface area contributed by atoms with Gasteiger partial charge in [0.2, 0.25) is 0 Å². The monoisotopic (exact) mass is 416 g/mol. The molecular weight excluding hydrogens is 395 g/mol. The van der Waals surface area contributed by atoms with Gasteiger partial charge in [-0.05, 0) is 19.4 Å². The van der Waals surface area contributed by atoms with Gasteiger partial charge in [0.15, 0.2) is 11.6 Å². The van der Waals surface area contributed by atoms with Gasteiger partial charge in [0, 0.05) is 37.8 Å². The number of aromatic nitrogens is 3. The molecule has 1 amide bonds. The van der Waals surface area contributed by atoms with Crippen LogP contribution >= 0.6 is 11.3 Å². The van der Waals surface area contributed by atoms with Gasteiger partial charge in [-0.15, -0.1) is 11.3 Å². The number of hydrogen-bond donors (Lipinski definition) is 3. The lowest BCUT2D eigenvalue weighted by Crippen LogP contribution is -2.48. The summed E-state index contributed by atoms with van der Waals surface area (Å²) in [5.41, 5.74) is 9.10. The fourth-order valence-electron chi connectivity index (χ4n) is 3.88. The summed E-state index contributed by atoms with van der Waals surface area (Å²) in [6.07, 6.45) is 0.665. The second-order valence-corrected chi connectivity index (χ2v) is 8.52. The van der Waals surface area contributed by atoms with E-state index in [1.807, 2.05) is 24.7 Å². The molecule has 1 fully saturated rings. The normalized spacial score (nSPS) is 21.4. The number of aryl methyl sites for hydroxylation is 2. The van der Waals surface area contributed by atoms with Crippen LogP contribution in [-0.2, 0) is 18.3 Å². The molecular formula is C19H21FN6O2S. The first-order chi connectivity index (χ1) is 13.9. The summed E-state index contributed by atoms with van der Waals surface area (Å²) in [5, 5.41) is 10.4. The molecule has 152 valence electrons. The average Bonchev–Trinajstić information content (AvgIpc) is 3.36. The van der Waals surface area contributed by atoms with E-state index >= 15 is 4.39 Å². The maximum atomic E-state index is 15.2. The Hall–Kier alpha value is -2.56. The number of thiophene rings is 1. The van der Waals surface area contributed by atoms with Crippen LogP contribution in [0.1, 0.15) is 28.0 Å². The molecule has 2 unspecified atom stereocenters. The maximum Gasteiger partial charge on any atom is 0.254 e. The molecule has 0 spiro atoms. The van der Waals surface area contributed by atoms with E-state index in [9.17, 15) is 4.79 Å². The third kappa shape index (κ3) is 2.90. The first-order valence-corrected chi connectivity index (χ1v) is 10.3. The number of ether oxygens (including phenoxy) is 1. The summed E-state index contributed by atoms with van der Waals surface area (Å²) in [6.45, 7) is 3.11. The molecule has 0 aliphatic carbocycles. The van der Waals surface area contributed by atoms with Crippen LogP contribution in [0.25, 0.3) is 20.8 Å². The van der Waals surface area contributed by atoms with E-state index in [0.29, 0.717) is 36.5 Å². The summed E-state index contributed by atoms with van der Waals surface area (Å²) in [6, 6.07) is 1.51. The number of rotatable bonds is 3. The third-order valence-corrected chi connectivity index (χ3v) is 6.87. The zero-order valence-electron chi connectivity index (χ0n) is 16.1. The Balaban J connectivity index is 1.63. The van der Waals surface area contributed by atoms with Crippen LogP contribution in [0.3, 0.4) is 0 Å². The molecule has 29 heavy (non-hydrogen) atoms. The highest BCUT2D eigenvalue weighted by atomic mass is 32.1. The van der Waals surface area contributed by atoms with Crippen LogP contribution in [0.4, 0.5) is 10.2 Å². The van der Waals surface area contributed by atoms with E-state index in [1.54, 1.807) is 0 Å². The highest BCUT2D eigenvalue weighted by Gasteiger charge is 2.32. The van der Waals surface area contributed by atoms with Crippen LogP contribution in [0.15, 0.2) is 6.07 Å². The van der Waals surface area contributed by atoms with E-state index in [0.717, 1.165) is 20.8 Å². The molecule has 1 saturated heterocycles. The Bertz CT molecular complexity index is 1140. The number of fused-ring (bicyclic) bond motifs is 2. The van der Waals surface area contributed by atoms with Crippen molar-refractivity contribution < 1.29 is 13.9 Å². The van der Waals surface area contributed by atoms with Crippen molar-refractivity contribution in [3.8, 4) is 10.6 Å². The molecule has 5 heterocycles. The molecule has 2 atom stereocenters. The number of anilines is 1. The van der Waals surface area contributed by atoms with E-state index in [2.05, 4.69) is 20.7 Å². The minimum absolute atomic E-state index is 0.126. The summed E-state index contributed by atoms with van der Waals surface area (Å²) in [4.78, 5) is 17.8. The average molecular weight is 416 g/mol. The standard InChI is InChI=1S/C19H21FN6O2S/c1-8-17-12(25-26(8)2)5-13(29-17)16-14-9(6-22-19(14)27)15(20)18(24-16)23-11-3-4-28-7-10(11)21/h5,10-11H,3-4,6-7,21H2,1-2H3,(H,22,27)(H,23,24). The topological polar surface area (TPSA) is 107 Å². The smallest absolute Gasteiger partial charge is 0.254 e. The zero-order chi connectivity index (χ0) is 20.3. The summed E-state index contributed by atoms with van der Waals surface area (Å²) >= 11 is 1.51. The van der Waals surface area contributed by atoms with Gasteiger partial charge < -0.3 is 21.1 Å². The molecule has 0 radical (unpaired) electrons. The number of nitrogens with one attached hydrogen (secondary N) is 2. The number of nitrogens with zero attached hydrogens (tertiary/aromatic N) is 3. The second-order valence-electron chi connectivity index (χ2n) is 7.47. The van der Waals surface area contributed by atoms with Crippen LogP contribution in [0.2, 0.25) is 0 Å². The summed E-state index contributed by atoms with van der Waals surface area (Å²) in [5.74, 6) is -0.683. The van der Waals surface area contributed by atoms with Gasteiger partial charge in [0.25, 0.3) is 5.91 Å². The molecule has 3 aromatic rings. The molecule has 5 rings (SSSR count). The number of hydrogen-bond acceptors (Lipinski definition) is 7. The van der Waals surface area contributed by atoms with E-state index in [-0.39, 0.29) is 30.4 Å². The fraction of sp³-hybridized carbons (Fsp3) is 0.421. The number of nitrogens with two attached hydrogens (primary N) is 1. The van der Waals surface area contributed by atoms with Crippen LogP contribution in [-0.4, -0.2) is 46.0 Å². The number of pyridine rings is 1. The predicted octanol–water partition coefficient (Wildman–Crippen LogP) is 1.92. The first-order valence-electron chi connectivity index (χ1n) is 9.48. The molecule has 0 aromatic carbocycles. The molecule has 3 aromatic heterocycles. The Morgan fingerprint density at radius 1 is 1.48 bits per heavy atom.